The van der Waals surface area contributed by atoms with Crippen molar-refractivity contribution in [1.29, 1.82) is 0 Å². The second kappa shape index (κ2) is 10.2. The van der Waals surface area contributed by atoms with E-state index in [0.717, 1.165) is 33.4 Å². The van der Waals surface area contributed by atoms with Crippen LogP contribution in [0.5, 0.6) is 5.75 Å². The van der Waals surface area contributed by atoms with E-state index >= 15 is 0 Å². The van der Waals surface area contributed by atoms with Crippen molar-refractivity contribution in [2.24, 2.45) is 0 Å². The Hall–Kier alpha value is -3.87. The van der Waals surface area contributed by atoms with Crippen molar-refractivity contribution in [3.8, 4) is 5.75 Å². The lowest BCUT2D eigenvalue weighted by Crippen LogP contribution is -2.26. The molecule has 0 saturated heterocycles. The maximum atomic E-state index is 12.4. The summed E-state index contributed by atoms with van der Waals surface area (Å²) in [5.41, 5.74) is 3.01. The molecule has 5 aromatic rings. The highest BCUT2D eigenvalue weighted by molar-refractivity contribution is 6.31. The van der Waals surface area contributed by atoms with Gasteiger partial charge in [-0.05, 0) is 52.7 Å². The van der Waals surface area contributed by atoms with Gasteiger partial charge in [-0.3, -0.25) is 4.79 Å². The number of aliphatic hydroxyl groups excluding tert-OH is 1. The zero-order chi connectivity index (χ0) is 24.2. The summed E-state index contributed by atoms with van der Waals surface area (Å²) in [5, 5.41) is 14.6. The zero-order valence-corrected chi connectivity index (χ0v) is 19.7. The van der Waals surface area contributed by atoms with Gasteiger partial charge in [-0.25, -0.2) is 4.98 Å². The van der Waals surface area contributed by atoms with Gasteiger partial charge in [0.25, 0.3) is 5.91 Å². The molecule has 0 aliphatic rings. The van der Waals surface area contributed by atoms with E-state index < -0.39 is 0 Å². The number of amides is 1. The van der Waals surface area contributed by atoms with Gasteiger partial charge < -0.3 is 19.7 Å². The molecule has 1 amide bonds. The number of carbonyl (C=O) groups is 1. The lowest BCUT2D eigenvalue weighted by atomic mass is 10.1. The standard InChI is InChI=1S/C28H24ClN3O3/c29-24-8-4-3-7-22(24)17-32-26-12-10-21(28(34)30-13-14-33)16-25(26)31-27(32)18-35-23-11-9-19-5-1-2-6-20(19)15-23/h1-12,15-16,33H,13-14,17-18H2,(H,30,34). The van der Waals surface area contributed by atoms with Crippen molar-refractivity contribution in [2.75, 3.05) is 13.2 Å². The van der Waals surface area contributed by atoms with Crippen LogP contribution in [0, 0.1) is 0 Å². The lowest BCUT2D eigenvalue weighted by Gasteiger charge is -2.12. The van der Waals surface area contributed by atoms with Gasteiger partial charge in [0.2, 0.25) is 0 Å². The number of rotatable bonds is 8. The minimum Gasteiger partial charge on any atom is -0.486 e. The molecule has 0 spiro atoms. The number of fused-ring (bicyclic) bond motifs is 2. The summed E-state index contributed by atoms with van der Waals surface area (Å²) < 4.78 is 8.21. The molecular weight excluding hydrogens is 462 g/mol. The topological polar surface area (TPSA) is 76.4 Å². The largest absolute Gasteiger partial charge is 0.486 e. The number of aliphatic hydroxyl groups is 1. The lowest BCUT2D eigenvalue weighted by molar-refractivity contribution is 0.0945. The Morgan fingerprint density at radius 3 is 2.60 bits per heavy atom. The number of hydrogen-bond donors (Lipinski definition) is 2. The van der Waals surface area contributed by atoms with Gasteiger partial charge >= 0.3 is 0 Å². The summed E-state index contributed by atoms with van der Waals surface area (Å²) in [6.45, 7) is 0.853. The van der Waals surface area contributed by atoms with E-state index in [2.05, 4.69) is 22.0 Å². The van der Waals surface area contributed by atoms with Crippen molar-refractivity contribution in [3.63, 3.8) is 0 Å². The van der Waals surface area contributed by atoms with Crippen LogP contribution in [0.1, 0.15) is 21.7 Å². The quantitative estimate of drug-likeness (QED) is 0.317. The van der Waals surface area contributed by atoms with E-state index in [1.165, 1.54) is 0 Å². The molecule has 0 radical (unpaired) electrons. The molecule has 7 heteroatoms. The average Bonchev–Trinajstić information content (AvgIpc) is 3.23. The van der Waals surface area contributed by atoms with Crippen LogP contribution < -0.4 is 10.1 Å². The highest BCUT2D eigenvalue weighted by Gasteiger charge is 2.16. The smallest absolute Gasteiger partial charge is 0.251 e. The van der Waals surface area contributed by atoms with E-state index in [1.54, 1.807) is 12.1 Å². The molecule has 0 unspecified atom stereocenters. The van der Waals surface area contributed by atoms with Crippen molar-refractivity contribution < 1.29 is 14.6 Å². The minimum atomic E-state index is -0.254. The van der Waals surface area contributed by atoms with Crippen molar-refractivity contribution in [1.82, 2.24) is 14.9 Å². The van der Waals surface area contributed by atoms with E-state index in [0.29, 0.717) is 22.6 Å². The first-order chi connectivity index (χ1) is 17.1. The first-order valence-electron chi connectivity index (χ1n) is 11.4. The molecule has 0 aliphatic carbocycles. The third kappa shape index (κ3) is 4.99. The number of benzene rings is 4. The molecule has 0 fully saturated rings. The number of halogens is 1. The number of carbonyl (C=O) groups excluding carboxylic acids is 1. The number of nitrogens with zero attached hydrogens (tertiary/aromatic N) is 2. The minimum absolute atomic E-state index is 0.114. The van der Waals surface area contributed by atoms with Crippen LogP contribution >= 0.6 is 11.6 Å². The molecule has 0 saturated carbocycles. The molecule has 5 rings (SSSR count). The predicted octanol–water partition coefficient (Wildman–Crippen LogP) is 5.19. The van der Waals surface area contributed by atoms with Crippen LogP contribution in [0.2, 0.25) is 5.02 Å². The SMILES string of the molecule is O=C(NCCO)c1ccc2c(c1)nc(COc1ccc3ccccc3c1)n2Cc1ccccc1Cl. The van der Waals surface area contributed by atoms with E-state index in [4.69, 9.17) is 26.4 Å². The van der Waals surface area contributed by atoms with Gasteiger partial charge in [-0.2, -0.15) is 0 Å². The summed E-state index contributed by atoms with van der Waals surface area (Å²) in [7, 11) is 0. The van der Waals surface area contributed by atoms with Gasteiger partial charge in [0, 0.05) is 17.1 Å². The molecule has 35 heavy (non-hydrogen) atoms. The molecule has 176 valence electrons. The second-order valence-electron chi connectivity index (χ2n) is 8.19. The Kier molecular flexibility index (Phi) is 6.66. The van der Waals surface area contributed by atoms with Gasteiger partial charge in [-0.1, -0.05) is 60.1 Å². The maximum absolute atomic E-state index is 12.4. The first-order valence-corrected chi connectivity index (χ1v) is 11.7. The number of ether oxygens (including phenoxy) is 1. The molecule has 6 nitrogen and oxygen atoms in total. The van der Waals surface area contributed by atoms with Crippen LogP contribution in [0.15, 0.2) is 84.9 Å². The highest BCUT2D eigenvalue weighted by atomic mass is 35.5. The summed E-state index contributed by atoms with van der Waals surface area (Å²) in [5.74, 6) is 1.22. The Morgan fingerprint density at radius 1 is 0.971 bits per heavy atom. The van der Waals surface area contributed by atoms with Crippen molar-refractivity contribution in [3.05, 3.63) is 107 Å². The molecule has 0 atom stereocenters. The first kappa shape index (κ1) is 22.9. The molecule has 2 N–H and O–H groups in total. The Labute approximate surface area is 207 Å². The Balaban J connectivity index is 1.49. The van der Waals surface area contributed by atoms with Crippen molar-refractivity contribution >= 4 is 39.3 Å². The van der Waals surface area contributed by atoms with Crippen LogP contribution in [-0.2, 0) is 13.2 Å². The fourth-order valence-electron chi connectivity index (χ4n) is 4.08. The molecule has 0 bridgehead atoms. The molecule has 4 aromatic carbocycles. The van der Waals surface area contributed by atoms with E-state index in [1.807, 2.05) is 60.7 Å². The van der Waals surface area contributed by atoms with Crippen molar-refractivity contribution in [2.45, 2.75) is 13.2 Å². The van der Waals surface area contributed by atoms with E-state index in [-0.39, 0.29) is 25.7 Å². The second-order valence-corrected chi connectivity index (χ2v) is 8.59. The molecule has 1 aromatic heterocycles. The fraction of sp³-hybridized carbons (Fsp3) is 0.143. The normalized spacial score (nSPS) is 11.1. The van der Waals surface area contributed by atoms with Crippen LogP contribution in [0.3, 0.4) is 0 Å². The molecule has 0 aliphatic heterocycles. The Morgan fingerprint density at radius 2 is 1.77 bits per heavy atom. The van der Waals surface area contributed by atoms with Gasteiger partial charge in [0.1, 0.15) is 18.2 Å². The van der Waals surface area contributed by atoms with Crippen LogP contribution in [0.4, 0.5) is 0 Å². The summed E-state index contributed by atoms with van der Waals surface area (Å²) >= 11 is 6.45. The number of imidazole rings is 1. The summed E-state index contributed by atoms with van der Waals surface area (Å²) in [4.78, 5) is 17.2. The van der Waals surface area contributed by atoms with Gasteiger partial charge in [0.15, 0.2) is 0 Å². The van der Waals surface area contributed by atoms with Crippen LogP contribution in [0.25, 0.3) is 21.8 Å². The highest BCUT2D eigenvalue weighted by Crippen LogP contribution is 2.25. The predicted molar refractivity (Wildman–Crippen MR) is 138 cm³/mol. The molecular formula is C28H24ClN3O3. The number of nitrogens with one attached hydrogen (secondary N) is 1. The zero-order valence-electron chi connectivity index (χ0n) is 18.9. The van der Waals surface area contributed by atoms with Gasteiger partial charge in [0.05, 0.1) is 24.2 Å². The number of hydrogen-bond acceptors (Lipinski definition) is 4. The summed E-state index contributed by atoms with van der Waals surface area (Å²) in [6.07, 6.45) is 0. The van der Waals surface area contributed by atoms with Gasteiger partial charge in [-0.15, -0.1) is 0 Å². The fourth-order valence-corrected chi connectivity index (χ4v) is 4.28. The monoisotopic (exact) mass is 485 g/mol. The van der Waals surface area contributed by atoms with E-state index in [9.17, 15) is 4.79 Å². The Bertz CT molecular complexity index is 1510. The number of aromatic nitrogens is 2. The molecule has 1 heterocycles. The average molecular weight is 486 g/mol. The third-order valence-corrected chi connectivity index (χ3v) is 6.23. The maximum Gasteiger partial charge on any atom is 0.251 e. The summed E-state index contributed by atoms with van der Waals surface area (Å²) in [6, 6.07) is 27.2. The van der Waals surface area contributed by atoms with Crippen LogP contribution in [-0.4, -0.2) is 33.7 Å². The third-order valence-electron chi connectivity index (χ3n) is 5.86.